The average molecular weight is 395 g/mol. The first kappa shape index (κ1) is 20.6. The molecule has 1 aromatic carbocycles. The molecule has 6 heteroatoms. The van der Waals surface area contributed by atoms with Gasteiger partial charge >= 0.3 is 5.97 Å². The number of para-hydroxylation sites is 1. The van der Waals surface area contributed by atoms with Gasteiger partial charge in [-0.05, 0) is 32.9 Å². The van der Waals surface area contributed by atoms with Crippen LogP contribution in [0.4, 0.5) is 0 Å². The van der Waals surface area contributed by atoms with Crippen LogP contribution in [0, 0.1) is 13.8 Å². The molecule has 0 fully saturated rings. The molecule has 0 amide bonds. The number of benzene rings is 1. The van der Waals surface area contributed by atoms with Crippen LogP contribution in [0.25, 0.3) is 11.0 Å². The van der Waals surface area contributed by atoms with Crippen LogP contribution >= 0.6 is 0 Å². The van der Waals surface area contributed by atoms with Crippen molar-refractivity contribution in [3.63, 3.8) is 0 Å². The van der Waals surface area contributed by atoms with Gasteiger partial charge in [0.2, 0.25) is 11.5 Å². The third-order valence-corrected chi connectivity index (χ3v) is 4.85. The Morgan fingerprint density at radius 2 is 2.00 bits per heavy atom. The van der Waals surface area contributed by atoms with Crippen molar-refractivity contribution in [3.8, 4) is 0 Å². The van der Waals surface area contributed by atoms with Crippen LogP contribution in [-0.2, 0) is 22.6 Å². The van der Waals surface area contributed by atoms with E-state index in [4.69, 9.17) is 13.9 Å². The first-order valence-corrected chi connectivity index (χ1v) is 9.54. The Balaban J connectivity index is 1.78. The van der Waals surface area contributed by atoms with E-state index in [9.17, 15) is 9.59 Å². The summed E-state index contributed by atoms with van der Waals surface area (Å²) in [5.41, 5.74) is 3.52. The SMILES string of the molecule is C=CCn1c(C)cc(C(=O)COC(=O)c2oc3ccccc3c2COCC)c1C. The highest BCUT2D eigenvalue weighted by Crippen LogP contribution is 2.27. The molecule has 0 aliphatic rings. The number of aromatic nitrogens is 1. The lowest BCUT2D eigenvalue weighted by Gasteiger charge is -2.07. The van der Waals surface area contributed by atoms with E-state index in [0.29, 0.717) is 29.9 Å². The molecule has 0 saturated heterocycles. The highest BCUT2D eigenvalue weighted by molar-refractivity contribution is 6.01. The second-order valence-electron chi connectivity index (χ2n) is 6.73. The first-order valence-electron chi connectivity index (χ1n) is 9.54. The van der Waals surface area contributed by atoms with Gasteiger partial charge in [0.15, 0.2) is 6.61 Å². The van der Waals surface area contributed by atoms with Gasteiger partial charge in [-0.3, -0.25) is 4.79 Å². The topological polar surface area (TPSA) is 70.7 Å². The monoisotopic (exact) mass is 395 g/mol. The Hall–Kier alpha value is -3.12. The van der Waals surface area contributed by atoms with E-state index < -0.39 is 5.97 Å². The number of Topliss-reactive ketones (excluding diaryl/α,β-unsaturated/α-hetero) is 1. The minimum atomic E-state index is -0.677. The fourth-order valence-electron chi connectivity index (χ4n) is 3.38. The van der Waals surface area contributed by atoms with Gasteiger partial charge in [-0.2, -0.15) is 0 Å². The van der Waals surface area contributed by atoms with Gasteiger partial charge < -0.3 is 18.5 Å². The summed E-state index contributed by atoms with van der Waals surface area (Å²) in [6.45, 7) is 10.4. The molecule has 0 unspecified atom stereocenters. The van der Waals surface area contributed by atoms with Crippen LogP contribution in [0.3, 0.4) is 0 Å². The van der Waals surface area contributed by atoms with Crippen LogP contribution in [-0.4, -0.2) is 29.5 Å². The number of allylic oxidation sites excluding steroid dienone is 1. The van der Waals surface area contributed by atoms with E-state index in [-0.39, 0.29) is 24.8 Å². The van der Waals surface area contributed by atoms with Gasteiger partial charge in [0, 0.05) is 41.1 Å². The molecule has 0 N–H and O–H groups in total. The number of aryl methyl sites for hydroxylation is 1. The fraction of sp³-hybridized carbons (Fsp3) is 0.304. The average Bonchev–Trinajstić information content (AvgIpc) is 3.23. The van der Waals surface area contributed by atoms with Crippen molar-refractivity contribution in [2.45, 2.75) is 33.9 Å². The first-order chi connectivity index (χ1) is 14.0. The summed E-state index contributed by atoms with van der Waals surface area (Å²) < 4.78 is 18.5. The molecule has 2 aromatic heterocycles. The van der Waals surface area contributed by atoms with Gasteiger partial charge in [-0.15, -0.1) is 6.58 Å². The normalized spacial score (nSPS) is 11.0. The maximum atomic E-state index is 12.7. The molecule has 0 atom stereocenters. The quantitative estimate of drug-likeness (QED) is 0.300. The summed E-state index contributed by atoms with van der Waals surface area (Å²) in [6, 6.07) is 9.14. The molecular weight excluding hydrogens is 370 g/mol. The Morgan fingerprint density at radius 3 is 2.72 bits per heavy atom. The molecule has 152 valence electrons. The van der Waals surface area contributed by atoms with E-state index in [0.717, 1.165) is 16.8 Å². The van der Waals surface area contributed by atoms with Crippen molar-refractivity contribution in [1.82, 2.24) is 4.57 Å². The summed E-state index contributed by atoms with van der Waals surface area (Å²) in [5.74, 6) is -0.863. The van der Waals surface area contributed by atoms with Crippen LogP contribution < -0.4 is 0 Å². The smallest absolute Gasteiger partial charge is 0.375 e. The number of ketones is 1. The second kappa shape index (κ2) is 8.92. The third-order valence-electron chi connectivity index (χ3n) is 4.85. The summed E-state index contributed by atoms with van der Waals surface area (Å²) in [7, 11) is 0. The number of hydrogen-bond acceptors (Lipinski definition) is 5. The molecule has 0 saturated carbocycles. The van der Waals surface area contributed by atoms with Crippen molar-refractivity contribution in [1.29, 1.82) is 0 Å². The van der Waals surface area contributed by atoms with Crippen LogP contribution in [0.5, 0.6) is 0 Å². The molecule has 0 spiro atoms. The molecule has 0 bridgehead atoms. The zero-order valence-electron chi connectivity index (χ0n) is 17.0. The second-order valence-corrected chi connectivity index (χ2v) is 6.73. The fourth-order valence-corrected chi connectivity index (χ4v) is 3.38. The molecule has 2 heterocycles. The Bertz CT molecular complexity index is 1060. The molecule has 6 nitrogen and oxygen atoms in total. The van der Waals surface area contributed by atoms with Gasteiger partial charge in [-0.25, -0.2) is 4.79 Å². The lowest BCUT2D eigenvalue weighted by atomic mass is 10.1. The van der Waals surface area contributed by atoms with Gasteiger partial charge in [0.05, 0.1) is 6.61 Å². The Kier molecular flexibility index (Phi) is 6.34. The number of carbonyl (C=O) groups is 2. The number of carbonyl (C=O) groups excluding carboxylic acids is 2. The van der Waals surface area contributed by atoms with E-state index in [2.05, 4.69) is 6.58 Å². The predicted octanol–water partition coefficient (Wildman–Crippen LogP) is 4.61. The number of rotatable bonds is 9. The van der Waals surface area contributed by atoms with E-state index in [1.54, 1.807) is 18.2 Å². The number of esters is 1. The summed E-state index contributed by atoms with van der Waals surface area (Å²) in [5, 5.41) is 0.798. The van der Waals surface area contributed by atoms with Crippen molar-refractivity contribution in [3.05, 3.63) is 71.3 Å². The number of fused-ring (bicyclic) bond motifs is 1. The van der Waals surface area contributed by atoms with Gasteiger partial charge in [0.25, 0.3) is 0 Å². The van der Waals surface area contributed by atoms with Gasteiger partial charge in [0.1, 0.15) is 5.58 Å². The maximum Gasteiger partial charge on any atom is 0.375 e. The number of ether oxygens (including phenoxy) is 2. The minimum absolute atomic E-state index is 0.0737. The molecule has 3 aromatic rings. The predicted molar refractivity (Wildman–Crippen MR) is 110 cm³/mol. The summed E-state index contributed by atoms with van der Waals surface area (Å²) in [6.07, 6.45) is 1.77. The summed E-state index contributed by atoms with van der Waals surface area (Å²) >= 11 is 0. The Morgan fingerprint density at radius 1 is 1.24 bits per heavy atom. The summed E-state index contributed by atoms with van der Waals surface area (Å²) in [4.78, 5) is 25.3. The number of nitrogens with zero attached hydrogens (tertiary/aromatic N) is 1. The Labute approximate surface area is 169 Å². The maximum absolute atomic E-state index is 12.7. The highest BCUT2D eigenvalue weighted by Gasteiger charge is 2.24. The lowest BCUT2D eigenvalue weighted by Crippen LogP contribution is -2.16. The van der Waals surface area contributed by atoms with Crippen molar-refractivity contribution in [2.75, 3.05) is 13.2 Å². The molecule has 29 heavy (non-hydrogen) atoms. The standard InChI is InChI=1S/C23H25NO5/c1-5-11-24-15(3)12-18(16(24)4)20(25)14-28-23(26)22-19(13-27-6-2)17-9-7-8-10-21(17)29-22/h5,7-10,12H,1,6,11,13-14H2,2-4H3. The van der Waals surface area contributed by atoms with Gasteiger partial charge in [-0.1, -0.05) is 24.3 Å². The van der Waals surface area contributed by atoms with E-state index in [1.165, 1.54) is 0 Å². The molecule has 0 aliphatic carbocycles. The molecule has 0 aliphatic heterocycles. The lowest BCUT2D eigenvalue weighted by molar-refractivity contribution is 0.0438. The zero-order valence-corrected chi connectivity index (χ0v) is 17.0. The van der Waals surface area contributed by atoms with Crippen molar-refractivity contribution < 1.29 is 23.5 Å². The molecular formula is C23H25NO5. The van der Waals surface area contributed by atoms with Crippen LogP contribution in [0.15, 0.2) is 47.4 Å². The van der Waals surface area contributed by atoms with E-state index in [1.807, 2.05) is 43.5 Å². The van der Waals surface area contributed by atoms with Crippen molar-refractivity contribution >= 4 is 22.7 Å². The third kappa shape index (κ3) is 4.17. The number of furan rings is 1. The van der Waals surface area contributed by atoms with Crippen LogP contribution in [0.1, 0.15) is 44.8 Å². The zero-order chi connectivity index (χ0) is 21.0. The molecule has 3 rings (SSSR count). The van der Waals surface area contributed by atoms with Crippen molar-refractivity contribution in [2.24, 2.45) is 0 Å². The largest absolute Gasteiger partial charge is 0.451 e. The van der Waals surface area contributed by atoms with E-state index >= 15 is 0 Å². The highest BCUT2D eigenvalue weighted by atomic mass is 16.5. The molecule has 0 radical (unpaired) electrons. The minimum Gasteiger partial charge on any atom is -0.451 e. The number of hydrogen-bond donors (Lipinski definition) is 0. The van der Waals surface area contributed by atoms with Crippen LogP contribution in [0.2, 0.25) is 0 Å².